The van der Waals surface area contributed by atoms with Crippen molar-refractivity contribution in [2.75, 3.05) is 18.7 Å². The van der Waals surface area contributed by atoms with E-state index in [1.165, 1.54) is 16.2 Å². The van der Waals surface area contributed by atoms with E-state index < -0.39 is 0 Å². The zero-order valence-corrected chi connectivity index (χ0v) is 17.2. The fourth-order valence-corrected chi connectivity index (χ4v) is 4.02. The molecule has 0 atom stereocenters. The van der Waals surface area contributed by atoms with E-state index in [9.17, 15) is 4.79 Å². The summed E-state index contributed by atoms with van der Waals surface area (Å²) in [6.45, 7) is 1.96. The third kappa shape index (κ3) is 3.48. The molecule has 0 saturated heterocycles. The molecule has 1 aromatic carbocycles. The van der Waals surface area contributed by atoms with Gasteiger partial charge >= 0.3 is 0 Å². The van der Waals surface area contributed by atoms with Gasteiger partial charge < -0.3 is 4.74 Å². The first-order valence-corrected chi connectivity index (χ1v) is 10.6. The van der Waals surface area contributed by atoms with Crippen LogP contribution in [0.3, 0.4) is 0 Å². The Hall–Kier alpha value is -2.84. The molecule has 28 heavy (non-hydrogen) atoms. The summed E-state index contributed by atoms with van der Waals surface area (Å²) in [4.78, 5) is 19.8. The number of nitrogens with one attached hydrogen (secondary N) is 1. The van der Waals surface area contributed by atoms with Gasteiger partial charge in [-0.3, -0.25) is 10.1 Å². The van der Waals surface area contributed by atoms with Gasteiger partial charge in [-0.15, -0.1) is 28.2 Å². The van der Waals surface area contributed by atoms with Gasteiger partial charge in [0, 0.05) is 15.3 Å². The molecular formula is C20H18N4O2S2. The normalized spacial score (nSPS) is 11.0. The van der Waals surface area contributed by atoms with Crippen molar-refractivity contribution in [3.05, 3.63) is 58.3 Å². The molecule has 0 unspecified atom stereocenters. The molecule has 0 aliphatic carbocycles. The number of benzene rings is 1. The highest BCUT2D eigenvalue weighted by Crippen LogP contribution is 2.28. The molecule has 8 heteroatoms. The number of amides is 1. The minimum atomic E-state index is -0.223. The van der Waals surface area contributed by atoms with Crippen LogP contribution in [0.15, 0.2) is 53.4 Å². The highest BCUT2D eigenvalue weighted by atomic mass is 32.2. The summed E-state index contributed by atoms with van der Waals surface area (Å²) in [5.41, 5.74) is 2.41. The molecule has 4 rings (SSSR count). The molecule has 1 N–H and O–H groups in total. The van der Waals surface area contributed by atoms with E-state index in [4.69, 9.17) is 4.74 Å². The SMILES string of the molecule is COc1ccc(-c2ccc(SC)cc2)n2nc(NC(=O)c3ccc(C)s3)nc12. The van der Waals surface area contributed by atoms with Crippen LogP contribution in [0.4, 0.5) is 5.95 Å². The van der Waals surface area contributed by atoms with Crippen LogP contribution in [0, 0.1) is 6.92 Å². The minimum absolute atomic E-state index is 0.223. The molecule has 0 bridgehead atoms. The predicted molar refractivity (Wildman–Crippen MR) is 114 cm³/mol. The zero-order valence-electron chi connectivity index (χ0n) is 15.6. The quantitative estimate of drug-likeness (QED) is 0.481. The van der Waals surface area contributed by atoms with Crippen LogP contribution in [0.5, 0.6) is 5.75 Å². The zero-order chi connectivity index (χ0) is 19.7. The van der Waals surface area contributed by atoms with Gasteiger partial charge in [-0.2, -0.15) is 4.98 Å². The van der Waals surface area contributed by atoms with Gasteiger partial charge in [-0.25, -0.2) is 4.52 Å². The fraction of sp³-hybridized carbons (Fsp3) is 0.150. The first-order valence-electron chi connectivity index (χ1n) is 8.55. The molecular weight excluding hydrogens is 392 g/mol. The number of ether oxygens (including phenoxy) is 1. The Balaban J connectivity index is 1.74. The van der Waals surface area contributed by atoms with Crippen LogP contribution in [0.2, 0.25) is 0 Å². The summed E-state index contributed by atoms with van der Waals surface area (Å²) in [6, 6.07) is 15.7. The van der Waals surface area contributed by atoms with Crippen molar-refractivity contribution in [1.82, 2.24) is 14.6 Å². The van der Waals surface area contributed by atoms with Crippen molar-refractivity contribution in [2.24, 2.45) is 0 Å². The van der Waals surface area contributed by atoms with Crippen molar-refractivity contribution < 1.29 is 9.53 Å². The highest BCUT2D eigenvalue weighted by molar-refractivity contribution is 7.98. The number of thioether (sulfide) groups is 1. The Bertz CT molecular complexity index is 1150. The lowest BCUT2D eigenvalue weighted by Crippen LogP contribution is -2.11. The molecule has 0 aliphatic rings. The maximum absolute atomic E-state index is 12.5. The Morgan fingerprint density at radius 3 is 2.57 bits per heavy atom. The van der Waals surface area contributed by atoms with E-state index in [0.717, 1.165) is 16.1 Å². The summed E-state index contributed by atoms with van der Waals surface area (Å²) in [5.74, 6) is 0.603. The summed E-state index contributed by atoms with van der Waals surface area (Å²) >= 11 is 3.12. The number of aryl methyl sites for hydroxylation is 1. The lowest BCUT2D eigenvalue weighted by atomic mass is 10.1. The van der Waals surface area contributed by atoms with Gasteiger partial charge in [0.25, 0.3) is 5.91 Å². The lowest BCUT2D eigenvalue weighted by Gasteiger charge is -2.07. The third-order valence-electron chi connectivity index (χ3n) is 4.24. The number of hydrogen-bond acceptors (Lipinski definition) is 6. The number of aromatic nitrogens is 3. The van der Waals surface area contributed by atoms with Crippen molar-refractivity contribution in [1.29, 1.82) is 0 Å². The number of nitrogens with zero attached hydrogens (tertiary/aromatic N) is 3. The van der Waals surface area contributed by atoms with Gasteiger partial charge in [0.05, 0.1) is 17.7 Å². The third-order valence-corrected chi connectivity index (χ3v) is 5.99. The minimum Gasteiger partial charge on any atom is -0.493 e. The largest absolute Gasteiger partial charge is 0.493 e. The number of fused-ring (bicyclic) bond motifs is 1. The molecule has 0 spiro atoms. The van der Waals surface area contributed by atoms with E-state index >= 15 is 0 Å². The van der Waals surface area contributed by atoms with E-state index in [-0.39, 0.29) is 11.9 Å². The molecule has 6 nitrogen and oxygen atoms in total. The number of thiophene rings is 1. The van der Waals surface area contributed by atoms with Crippen LogP contribution in [0.1, 0.15) is 14.5 Å². The summed E-state index contributed by atoms with van der Waals surface area (Å²) in [7, 11) is 1.59. The summed E-state index contributed by atoms with van der Waals surface area (Å²) in [5, 5.41) is 7.28. The maximum atomic E-state index is 12.5. The molecule has 1 amide bonds. The average molecular weight is 411 g/mol. The topological polar surface area (TPSA) is 68.5 Å². The maximum Gasteiger partial charge on any atom is 0.268 e. The smallest absolute Gasteiger partial charge is 0.268 e. The number of rotatable bonds is 5. The number of carbonyl (C=O) groups excluding carboxylic acids is 1. The van der Waals surface area contributed by atoms with E-state index in [1.54, 1.807) is 29.5 Å². The standard InChI is InChI=1S/C20H18N4O2S2/c1-12-4-11-17(28-12)19(25)22-20-21-18-16(26-2)10-9-15(24(18)23-20)13-5-7-14(27-3)8-6-13/h4-11H,1-3H3,(H,22,23,25). The molecule has 3 heterocycles. The molecule has 0 aliphatic heterocycles. The second-order valence-corrected chi connectivity index (χ2v) is 8.22. The molecule has 0 radical (unpaired) electrons. The molecule has 3 aromatic heterocycles. The number of anilines is 1. The molecule has 142 valence electrons. The van der Waals surface area contributed by atoms with E-state index in [0.29, 0.717) is 16.3 Å². The Kier molecular flexibility index (Phi) is 5.06. The van der Waals surface area contributed by atoms with Crippen LogP contribution in [-0.4, -0.2) is 33.9 Å². The monoisotopic (exact) mass is 410 g/mol. The number of methoxy groups -OCH3 is 1. The average Bonchev–Trinajstić information content (AvgIpc) is 3.33. The lowest BCUT2D eigenvalue weighted by molar-refractivity contribution is 0.102. The fourth-order valence-electron chi connectivity index (χ4n) is 2.85. The van der Waals surface area contributed by atoms with Gasteiger partial charge in [0.1, 0.15) is 0 Å². The van der Waals surface area contributed by atoms with E-state index in [1.807, 2.05) is 43.5 Å². The Morgan fingerprint density at radius 2 is 1.93 bits per heavy atom. The van der Waals surface area contributed by atoms with Crippen LogP contribution >= 0.6 is 23.1 Å². The second-order valence-electron chi connectivity index (χ2n) is 6.05. The molecule has 4 aromatic rings. The number of hydrogen-bond donors (Lipinski definition) is 1. The Morgan fingerprint density at radius 1 is 1.14 bits per heavy atom. The molecule has 0 fully saturated rings. The van der Waals surface area contributed by atoms with Gasteiger partial charge in [0.2, 0.25) is 5.95 Å². The van der Waals surface area contributed by atoms with Crippen molar-refractivity contribution in [3.63, 3.8) is 0 Å². The van der Waals surface area contributed by atoms with E-state index in [2.05, 4.69) is 27.5 Å². The Labute approximate surface area is 170 Å². The highest BCUT2D eigenvalue weighted by Gasteiger charge is 2.16. The second kappa shape index (κ2) is 7.65. The van der Waals surface area contributed by atoms with Crippen molar-refractivity contribution >= 4 is 40.6 Å². The summed E-state index contributed by atoms with van der Waals surface area (Å²) < 4.78 is 7.12. The molecule has 0 saturated carbocycles. The van der Waals surface area contributed by atoms with Crippen LogP contribution in [0.25, 0.3) is 16.9 Å². The summed E-state index contributed by atoms with van der Waals surface area (Å²) in [6.07, 6.45) is 2.04. The number of pyridine rings is 1. The first kappa shape index (κ1) is 18.5. The van der Waals surface area contributed by atoms with Crippen LogP contribution < -0.4 is 10.1 Å². The predicted octanol–water partition coefficient (Wildman–Crippen LogP) is 4.75. The number of carbonyl (C=O) groups is 1. The van der Waals surface area contributed by atoms with Crippen molar-refractivity contribution in [3.8, 4) is 17.0 Å². The van der Waals surface area contributed by atoms with Gasteiger partial charge in [0.15, 0.2) is 11.4 Å². The van der Waals surface area contributed by atoms with Gasteiger partial charge in [-0.1, -0.05) is 12.1 Å². The first-order chi connectivity index (χ1) is 13.6. The van der Waals surface area contributed by atoms with Crippen molar-refractivity contribution in [2.45, 2.75) is 11.8 Å². The van der Waals surface area contributed by atoms with Crippen LogP contribution in [-0.2, 0) is 0 Å². The van der Waals surface area contributed by atoms with Gasteiger partial charge in [-0.05, 0) is 49.6 Å².